The Labute approximate surface area is 155 Å². The summed E-state index contributed by atoms with van der Waals surface area (Å²) in [7, 11) is 0. The molecule has 2 atom stereocenters. The maximum absolute atomic E-state index is 13.5. The smallest absolute Gasteiger partial charge is 0.235 e. The predicted molar refractivity (Wildman–Crippen MR) is 101 cm³/mol. The van der Waals surface area contributed by atoms with Gasteiger partial charge in [0.2, 0.25) is 11.8 Å². The molecule has 0 saturated heterocycles. The summed E-state index contributed by atoms with van der Waals surface area (Å²) < 4.78 is 13.5. The van der Waals surface area contributed by atoms with Gasteiger partial charge in [0.05, 0.1) is 11.6 Å². The van der Waals surface area contributed by atoms with Gasteiger partial charge in [0, 0.05) is 28.8 Å². The van der Waals surface area contributed by atoms with E-state index in [-0.39, 0.29) is 18.2 Å². The summed E-state index contributed by atoms with van der Waals surface area (Å²) in [6.45, 7) is 2.76. The third-order valence-corrected chi connectivity index (χ3v) is 6.10. The van der Waals surface area contributed by atoms with Crippen LogP contribution in [0, 0.1) is 5.82 Å². The topological polar surface area (TPSA) is 49.4 Å². The van der Waals surface area contributed by atoms with E-state index in [1.807, 2.05) is 24.3 Å². The molecular weight excluding hydrogens is 351 g/mol. The SMILES string of the molecule is CC1CCN(C(=O)C2CC(=O)Nc3cc(F)ccc32)c2ccccc2S1. The average Bonchev–Trinajstić information content (AvgIpc) is 2.78. The molecule has 0 fully saturated rings. The van der Waals surface area contributed by atoms with Crippen LogP contribution in [0.2, 0.25) is 0 Å². The molecule has 26 heavy (non-hydrogen) atoms. The molecule has 134 valence electrons. The van der Waals surface area contributed by atoms with Crippen LogP contribution in [0.3, 0.4) is 0 Å². The molecule has 2 aromatic carbocycles. The zero-order valence-electron chi connectivity index (χ0n) is 14.4. The van der Waals surface area contributed by atoms with Crippen molar-refractivity contribution >= 4 is 35.0 Å². The molecule has 0 spiro atoms. The van der Waals surface area contributed by atoms with Gasteiger partial charge in [-0.3, -0.25) is 9.59 Å². The van der Waals surface area contributed by atoms with Gasteiger partial charge >= 0.3 is 0 Å². The molecule has 2 amide bonds. The minimum Gasteiger partial charge on any atom is -0.326 e. The fourth-order valence-electron chi connectivity index (χ4n) is 3.56. The molecule has 0 aliphatic carbocycles. The number of para-hydroxylation sites is 1. The molecular formula is C20H19FN2O2S. The number of benzene rings is 2. The van der Waals surface area contributed by atoms with E-state index >= 15 is 0 Å². The second kappa shape index (κ2) is 6.76. The van der Waals surface area contributed by atoms with Gasteiger partial charge in [-0.1, -0.05) is 25.1 Å². The van der Waals surface area contributed by atoms with Crippen molar-refractivity contribution in [2.24, 2.45) is 0 Å². The van der Waals surface area contributed by atoms with Crippen LogP contribution in [0.1, 0.15) is 31.2 Å². The third kappa shape index (κ3) is 3.09. The third-order valence-electron chi connectivity index (χ3n) is 4.86. The van der Waals surface area contributed by atoms with Crippen LogP contribution in [0.5, 0.6) is 0 Å². The Hall–Kier alpha value is -2.34. The number of hydrogen-bond acceptors (Lipinski definition) is 3. The fraction of sp³-hybridized carbons (Fsp3) is 0.300. The number of fused-ring (bicyclic) bond motifs is 2. The van der Waals surface area contributed by atoms with E-state index < -0.39 is 11.7 Å². The molecule has 2 aliphatic rings. The van der Waals surface area contributed by atoms with Crippen LogP contribution in [-0.2, 0) is 9.59 Å². The van der Waals surface area contributed by atoms with E-state index in [0.717, 1.165) is 17.0 Å². The lowest BCUT2D eigenvalue weighted by atomic mass is 9.89. The average molecular weight is 370 g/mol. The molecule has 0 saturated carbocycles. The maximum atomic E-state index is 13.5. The molecule has 2 aromatic rings. The lowest BCUT2D eigenvalue weighted by Crippen LogP contribution is -2.39. The van der Waals surface area contributed by atoms with Crippen LogP contribution in [-0.4, -0.2) is 23.6 Å². The molecule has 2 aliphatic heterocycles. The monoisotopic (exact) mass is 370 g/mol. The van der Waals surface area contributed by atoms with Gasteiger partial charge in [-0.25, -0.2) is 4.39 Å². The standard InChI is InChI=1S/C20H19FN2O2S/c1-12-8-9-23(17-4-2-3-5-18(17)26-12)20(25)15-11-19(24)22-16-10-13(21)6-7-14(15)16/h2-7,10,12,15H,8-9,11H2,1H3,(H,22,24). The van der Waals surface area contributed by atoms with Gasteiger partial charge < -0.3 is 10.2 Å². The summed E-state index contributed by atoms with van der Waals surface area (Å²) in [5, 5.41) is 3.08. The van der Waals surface area contributed by atoms with E-state index in [1.165, 1.54) is 12.1 Å². The first kappa shape index (κ1) is 17.1. The first-order chi connectivity index (χ1) is 12.5. The van der Waals surface area contributed by atoms with Crippen molar-refractivity contribution in [2.45, 2.75) is 35.8 Å². The maximum Gasteiger partial charge on any atom is 0.235 e. The van der Waals surface area contributed by atoms with E-state index in [2.05, 4.69) is 12.2 Å². The van der Waals surface area contributed by atoms with Crippen molar-refractivity contribution in [1.29, 1.82) is 0 Å². The molecule has 4 rings (SSSR count). The number of anilines is 2. The Kier molecular flexibility index (Phi) is 4.44. The Morgan fingerprint density at radius 2 is 2.08 bits per heavy atom. The van der Waals surface area contributed by atoms with E-state index in [4.69, 9.17) is 0 Å². The van der Waals surface area contributed by atoms with Gasteiger partial charge in [0.15, 0.2) is 0 Å². The normalized spacial score (nSPS) is 22.1. The summed E-state index contributed by atoms with van der Waals surface area (Å²) in [6.07, 6.45) is 0.957. The Bertz CT molecular complexity index is 886. The summed E-state index contributed by atoms with van der Waals surface area (Å²) in [4.78, 5) is 28.4. The number of nitrogens with one attached hydrogen (secondary N) is 1. The number of halogens is 1. The Morgan fingerprint density at radius 3 is 2.92 bits per heavy atom. The first-order valence-corrected chi connectivity index (χ1v) is 9.57. The zero-order chi connectivity index (χ0) is 18.3. The van der Waals surface area contributed by atoms with Crippen molar-refractivity contribution < 1.29 is 14.0 Å². The van der Waals surface area contributed by atoms with Crippen LogP contribution < -0.4 is 10.2 Å². The number of rotatable bonds is 1. The molecule has 0 radical (unpaired) electrons. The molecule has 0 aromatic heterocycles. The van der Waals surface area contributed by atoms with E-state index in [9.17, 15) is 14.0 Å². The lowest BCUT2D eigenvalue weighted by molar-refractivity contribution is -0.124. The molecule has 1 N–H and O–H groups in total. The molecule has 0 bridgehead atoms. The minimum absolute atomic E-state index is 0.0822. The summed E-state index contributed by atoms with van der Waals surface area (Å²) in [5.41, 5.74) is 1.96. The minimum atomic E-state index is -0.592. The highest BCUT2D eigenvalue weighted by molar-refractivity contribution is 8.00. The number of carbonyl (C=O) groups excluding carboxylic acids is 2. The fourth-order valence-corrected chi connectivity index (χ4v) is 4.67. The second-order valence-corrected chi connectivity index (χ2v) is 8.19. The Morgan fingerprint density at radius 1 is 1.27 bits per heavy atom. The van der Waals surface area contributed by atoms with Crippen molar-refractivity contribution in [3.63, 3.8) is 0 Å². The van der Waals surface area contributed by atoms with Crippen molar-refractivity contribution in [3.8, 4) is 0 Å². The first-order valence-electron chi connectivity index (χ1n) is 8.69. The number of nitrogens with zero attached hydrogens (tertiary/aromatic N) is 1. The van der Waals surface area contributed by atoms with Gasteiger partial charge in [-0.05, 0) is 36.2 Å². The van der Waals surface area contributed by atoms with Crippen LogP contribution in [0.4, 0.5) is 15.8 Å². The van der Waals surface area contributed by atoms with Crippen LogP contribution >= 0.6 is 11.8 Å². The number of hydrogen-bond donors (Lipinski definition) is 1. The number of amides is 2. The summed E-state index contributed by atoms with van der Waals surface area (Å²) in [5.74, 6) is -1.38. The molecule has 6 heteroatoms. The van der Waals surface area contributed by atoms with Crippen molar-refractivity contribution in [3.05, 3.63) is 53.8 Å². The Balaban J connectivity index is 1.73. The highest BCUT2D eigenvalue weighted by Gasteiger charge is 2.35. The van der Waals surface area contributed by atoms with Crippen molar-refractivity contribution in [1.82, 2.24) is 0 Å². The van der Waals surface area contributed by atoms with Crippen LogP contribution in [0.15, 0.2) is 47.4 Å². The van der Waals surface area contributed by atoms with E-state index in [1.54, 1.807) is 22.7 Å². The number of carbonyl (C=O) groups is 2. The van der Waals surface area contributed by atoms with Gasteiger partial charge in [-0.15, -0.1) is 11.8 Å². The molecule has 2 unspecified atom stereocenters. The lowest BCUT2D eigenvalue weighted by Gasteiger charge is -2.30. The van der Waals surface area contributed by atoms with Crippen molar-refractivity contribution in [2.75, 3.05) is 16.8 Å². The largest absolute Gasteiger partial charge is 0.326 e. The predicted octanol–water partition coefficient (Wildman–Crippen LogP) is 4.17. The molecule has 2 heterocycles. The zero-order valence-corrected chi connectivity index (χ0v) is 15.2. The van der Waals surface area contributed by atoms with Crippen LogP contribution in [0.25, 0.3) is 0 Å². The number of thioether (sulfide) groups is 1. The quantitative estimate of drug-likeness (QED) is 0.820. The highest BCUT2D eigenvalue weighted by atomic mass is 32.2. The van der Waals surface area contributed by atoms with Gasteiger partial charge in [0.25, 0.3) is 0 Å². The van der Waals surface area contributed by atoms with Gasteiger partial charge in [0.1, 0.15) is 5.82 Å². The molecule has 4 nitrogen and oxygen atoms in total. The highest BCUT2D eigenvalue weighted by Crippen LogP contribution is 2.40. The summed E-state index contributed by atoms with van der Waals surface area (Å²) >= 11 is 1.77. The second-order valence-electron chi connectivity index (χ2n) is 6.71. The van der Waals surface area contributed by atoms with Gasteiger partial charge in [-0.2, -0.15) is 0 Å². The summed E-state index contributed by atoms with van der Waals surface area (Å²) in [6, 6.07) is 12.1. The van der Waals surface area contributed by atoms with E-state index in [0.29, 0.717) is 23.0 Å².